The second kappa shape index (κ2) is 2.03. The van der Waals surface area contributed by atoms with E-state index in [4.69, 9.17) is 5.26 Å². The third-order valence-corrected chi connectivity index (χ3v) is 4.03. The molecule has 2 aliphatic rings. The van der Waals surface area contributed by atoms with Gasteiger partial charge in [0.2, 0.25) is 0 Å². The lowest BCUT2D eigenvalue weighted by atomic mass is 9.56. The predicted octanol–water partition coefficient (Wildman–Crippen LogP) is 1.70. The summed E-state index contributed by atoms with van der Waals surface area (Å²) in [6, 6.07) is 2.30. The van der Waals surface area contributed by atoms with Gasteiger partial charge in [-0.2, -0.15) is 5.26 Å². The van der Waals surface area contributed by atoms with Crippen LogP contribution in [-0.4, -0.2) is 10.7 Å². The summed E-state index contributed by atoms with van der Waals surface area (Å²) in [4.78, 5) is 0. The summed E-state index contributed by atoms with van der Waals surface area (Å²) in [6.07, 6.45) is 2.62. The first-order valence-corrected chi connectivity index (χ1v) is 4.69. The van der Waals surface area contributed by atoms with Gasteiger partial charge < -0.3 is 5.11 Å². The summed E-state index contributed by atoms with van der Waals surface area (Å²) < 4.78 is 0. The molecule has 2 saturated carbocycles. The number of hydrogen-bond donors (Lipinski definition) is 1. The first-order valence-electron chi connectivity index (χ1n) is 4.69. The average Bonchev–Trinajstić information content (AvgIpc) is 2.84. The van der Waals surface area contributed by atoms with Crippen LogP contribution in [0.1, 0.15) is 33.1 Å². The summed E-state index contributed by atoms with van der Waals surface area (Å²) in [5, 5.41) is 19.2. The van der Waals surface area contributed by atoms with Crippen molar-refractivity contribution >= 4 is 0 Å². The van der Waals surface area contributed by atoms with E-state index in [1.165, 1.54) is 0 Å². The minimum absolute atomic E-state index is 0.305. The van der Waals surface area contributed by atoms with Gasteiger partial charge in [-0.15, -0.1) is 0 Å². The molecule has 0 aromatic rings. The first kappa shape index (κ1) is 8.07. The highest BCUT2D eigenvalue weighted by molar-refractivity contribution is 5.25. The highest BCUT2D eigenvalue weighted by Gasteiger charge is 2.67. The van der Waals surface area contributed by atoms with Crippen LogP contribution in [0.3, 0.4) is 0 Å². The van der Waals surface area contributed by atoms with Gasteiger partial charge in [0.1, 0.15) is 0 Å². The average molecular weight is 165 g/mol. The molecule has 3 atom stereocenters. The molecule has 2 aliphatic carbocycles. The van der Waals surface area contributed by atoms with Gasteiger partial charge in [-0.05, 0) is 31.1 Å². The van der Waals surface area contributed by atoms with E-state index in [2.05, 4.69) is 19.9 Å². The Morgan fingerprint density at radius 1 is 1.42 bits per heavy atom. The molecule has 2 heteroatoms. The molecule has 2 nitrogen and oxygen atoms in total. The van der Waals surface area contributed by atoms with Crippen molar-refractivity contribution < 1.29 is 5.11 Å². The Hall–Kier alpha value is -0.550. The normalized spacial score (nSPS) is 49.2. The van der Waals surface area contributed by atoms with Gasteiger partial charge in [0, 0.05) is 0 Å². The third-order valence-electron chi connectivity index (χ3n) is 4.03. The molecule has 0 amide bonds. The van der Waals surface area contributed by atoms with Crippen molar-refractivity contribution in [2.24, 2.45) is 17.3 Å². The van der Waals surface area contributed by atoms with E-state index in [-0.39, 0.29) is 5.41 Å². The zero-order chi connectivity index (χ0) is 8.98. The van der Waals surface area contributed by atoms with Crippen molar-refractivity contribution in [2.75, 3.05) is 0 Å². The van der Waals surface area contributed by atoms with Crippen LogP contribution in [0.25, 0.3) is 0 Å². The second-order valence-corrected chi connectivity index (χ2v) is 4.59. The van der Waals surface area contributed by atoms with Crippen LogP contribution >= 0.6 is 0 Å². The highest BCUT2D eigenvalue weighted by Crippen LogP contribution is 2.64. The quantitative estimate of drug-likeness (QED) is 0.642. The molecule has 66 valence electrons. The number of nitriles is 1. The fraction of sp³-hybridized carbons (Fsp3) is 0.900. The van der Waals surface area contributed by atoms with E-state index < -0.39 is 5.60 Å². The molecule has 2 fully saturated rings. The Morgan fingerprint density at radius 2 is 2.00 bits per heavy atom. The van der Waals surface area contributed by atoms with Crippen LogP contribution in [0.2, 0.25) is 0 Å². The number of aliphatic hydroxyl groups is 1. The SMILES string of the molecule is CC1CC(O)(C2(C#N)CC2)C1C. The van der Waals surface area contributed by atoms with E-state index in [1.54, 1.807) is 0 Å². The molecule has 0 saturated heterocycles. The largest absolute Gasteiger partial charge is 0.388 e. The maximum absolute atomic E-state index is 10.2. The van der Waals surface area contributed by atoms with E-state index >= 15 is 0 Å². The fourth-order valence-electron chi connectivity index (χ4n) is 2.56. The monoisotopic (exact) mass is 165 g/mol. The summed E-state index contributed by atoms with van der Waals surface area (Å²) in [6.45, 7) is 4.21. The lowest BCUT2D eigenvalue weighted by molar-refractivity contribution is -0.159. The first-order chi connectivity index (χ1) is 5.56. The van der Waals surface area contributed by atoms with Crippen molar-refractivity contribution in [3.05, 3.63) is 0 Å². The molecule has 0 bridgehead atoms. The lowest BCUT2D eigenvalue weighted by Crippen LogP contribution is -2.57. The van der Waals surface area contributed by atoms with Crippen LogP contribution in [-0.2, 0) is 0 Å². The van der Waals surface area contributed by atoms with Crippen LogP contribution < -0.4 is 0 Å². The number of rotatable bonds is 1. The molecular weight excluding hydrogens is 150 g/mol. The van der Waals surface area contributed by atoms with Crippen LogP contribution in [0.5, 0.6) is 0 Å². The van der Waals surface area contributed by atoms with Crippen molar-refractivity contribution in [1.29, 1.82) is 5.26 Å². The lowest BCUT2D eigenvalue weighted by Gasteiger charge is -2.52. The molecule has 12 heavy (non-hydrogen) atoms. The standard InChI is InChI=1S/C10H15NO/c1-7-5-10(12,8(7)2)9(6-11)3-4-9/h7-8,12H,3-5H2,1-2H3. The fourth-order valence-corrected chi connectivity index (χ4v) is 2.56. The van der Waals surface area contributed by atoms with Crippen LogP contribution in [0.4, 0.5) is 0 Å². The summed E-state index contributed by atoms with van der Waals surface area (Å²) >= 11 is 0. The van der Waals surface area contributed by atoms with Gasteiger partial charge in [-0.1, -0.05) is 13.8 Å². The zero-order valence-corrected chi connectivity index (χ0v) is 7.67. The Labute approximate surface area is 73.2 Å². The van der Waals surface area contributed by atoms with E-state index in [0.29, 0.717) is 11.8 Å². The summed E-state index contributed by atoms with van der Waals surface area (Å²) in [5.41, 5.74) is -1.01. The molecule has 2 rings (SSSR count). The molecular formula is C10H15NO. The predicted molar refractivity (Wildman–Crippen MR) is 45.2 cm³/mol. The van der Waals surface area contributed by atoms with E-state index in [9.17, 15) is 5.11 Å². The third kappa shape index (κ3) is 0.682. The smallest absolute Gasteiger partial charge is 0.0864 e. The molecule has 1 N–H and O–H groups in total. The maximum atomic E-state index is 10.2. The Kier molecular flexibility index (Phi) is 1.36. The topological polar surface area (TPSA) is 44.0 Å². The summed E-state index contributed by atoms with van der Waals surface area (Å²) in [7, 11) is 0. The second-order valence-electron chi connectivity index (χ2n) is 4.59. The minimum Gasteiger partial charge on any atom is -0.388 e. The number of hydrogen-bond acceptors (Lipinski definition) is 2. The van der Waals surface area contributed by atoms with Gasteiger partial charge in [0.05, 0.1) is 17.1 Å². The molecule has 3 unspecified atom stereocenters. The van der Waals surface area contributed by atoms with Gasteiger partial charge in [-0.25, -0.2) is 0 Å². The van der Waals surface area contributed by atoms with E-state index in [0.717, 1.165) is 19.3 Å². The number of nitrogens with zero attached hydrogens (tertiary/aromatic N) is 1. The molecule has 0 radical (unpaired) electrons. The molecule has 0 heterocycles. The van der Waals surface area contributed by atoms with Crippen LogP contribution in [0.15, 0.2) is 0 Å². The van der Waals surface area contributed by atoms with Gasteiger partial charge in [0.25, 0.3) is 0 Å². The highest BCUT2D eigenvalue weighted by atomic mass is 16.3. The van der Waals surface area contributed by atoms with Gasteiger partial charge in [-0.3, -0.25) is 0 Å². The maximum Gasteiger partial charge on any atom is 0.0864 e. The van der Waals surface area contributed by atoms with Gasteiger partial charge in [0.15, 0.2) is 0 Å². The van der Waals surface area contributed by atoms with E-state index in [1.807, 2.05) is 0 Å². The van der Waals surface area contributed by atoms with Crippen molar-refractivity contribution in [2.45, 2.75) is 38.7 Å². The Morgan fingerprint density at radius 3 is 2.25 bits per heavy atom. The molecule has 0 spiro atoms. The Balaban J connectivity index is 2.20. The Bertz CT molecular complexity index is 251. The molecule has 0 aromatic carbocycles. The molecule has 0 aromatic heterocycles. The van der Waals surface area contributed by atoms with Crippen molar-refractivity contribution in [1.82, 2.24) is 0 Å². The van der Waals surface area contributed by atoms with Crippen LogP contribution in [0, 0.1) is 28.6 Å². The minimum atomic E-state index is -0.652. The van der Waals surface area contributed by atoms with Crippen molar-refractivity contribution in [3.63, 3.8) is 0 Å². The molecule has 0 aliphatic heterocycles. The van der Waals surface area contributed by atoms with Crippen molar-refractivity contribution in [3.8, 4) is 6.07 Å². The summed E-state index contributed by atoms with van der Waals surface area (Å²) in [5.74, 6) is 0.889. The van der Waals surface area contributed by atoms with Gasteiger partial charge >= 0.3 is 0 Å². The zero-order valence-electron chi connectivity index (χ0n) is 7.67.